The molecule has 1 aromatic heterocycles. The highest BCUT2D eigenvalue weighted by molar-refractivity contribution is 5.94. The van der Waals surface area contributed by atoms with Crippen LogP contribution in [0.4, 0.5) is 11.5 Å². The predicted octanol–water partition coefficient (Wildman–Crippen LogP) is 1.28. The number of fused-ring (bicyclic) bond motifs is 1. The Morgan fingerprint density at radius 1 is 1.43 bits per heavy atom. The number of nitrogen functional groups attached to an aromatic ring is 1. The van der Waals surface area contributed by atoms with Gasteiger partial charge < -0.3 is 20.6 Å². The minimum absolute atomic E-state index is 0.142. The second-order valence-electron chi connectivity index (χ2n) is 6.12. The van der Waals surface area contributed by atoms with Gasteiger partial charge in [-0.05, 0) is 44.8 Å². The Hall–Kier alpha value is -1.82. The van der Waals surface area contributed by atoms with Crippen molar-refractivity contribution >= 4 is 17.5 Å². The second-order valence-corrected chi connectivity index (χ2v) is 6.12. The van der Waals surface area contributed by atoms with E-state index in [0.29, 0.717) is 12.0 Å². The number of likely N-dealkylation sites (tertiary alicyclic amines) is 1. The number of hydrogen-bond acceptors (Lipinski definition) is 5. The van der Waals surface area contributed by atoms with Crippen molar-refractivity contribution in [2.24, 2.45) is 5.92 Å². The van der Waals surface area contributed by atoms with Crippen LogP contribution in [0.25, 0.3) is 0 Å². The summed E-state index contributed by atoms with van der Waals surface area (Å²) in [5.74, 6) is 0.377. The van der Waals surface area contributed by atoms with E-state index in [9.17, 15) is 9.90 Å². The number of pyridine rings is 1. The molecule has 2 saturated heterocycles. The number of nitrogens with two attached hydrogens (primary N) is 1. The molecule has 0 radical (unpaired) electrons. The van der Waals surface area contributed by atoms with Crippen LogP contribution < -0.4 is 10.6 Å². The Labute approximate surface area is 124 Å². The first-order chi connectivity index (χ1) is 10.1. The number of carbonyl (C=O) groups is 1. The fourth-order valence-corrected chi connectivity index (χ4v) is 3.67. The third kappa shape index (κ3) is 2.68. The molecule has 0 aromatic carbocycles. The van der Waals surface area contributed by atoms with E-state index in [4.69, 9.17) is 5.73 Å². The van der Waals surface area contributed by atoms with E-state index in [0.717, 1.165) is 25.3 Å². The maximum Gasteiger partial charge on any atom is 0.337 e. The zero-order valence-electron chi connectivity index (χ0n) is 12.3. The van der Waals surface area contributed by atoms with Crippen LogP contribution in [0.5, 0.6) is 0 Å². The van der Waals surface area contributed by atoms with Crippen LogP contribution in [-0.2, 0) is 0 Å². The molecule has 6 heteroatoms. The molecule has 0 bridgehead atoms. The van der Waals surface area contributed by atoms with Crippen LogP contribution in [-0.4, -0.2) is 53.7 Å². The zero-order valence-corrected chi connectivity index (χ0v) is 12.3. The van der Waals surface area contributed by atoms with Crippen molar-refractivity contribution in [3.8, 4) is 0 Å². The van der Waals surface area contributed by atoms with Crippen molar-refractivity contribution < 1.29 is 9.90 Å². The molecule has 0 amide bonds. The monoisotopic (exact) mass is 290 g/mol. The van der Waals surface area contributed by atoms with Crippen molar-refractivity contribution in [1.29, 1.82) is 0 Å². The highest BCUT2D eigenvalue weighted by atomic mass is 16.4. The van der Waals surface area contributed by atoms with Gasteiger partial charge in [0.25, 0.3) is 0 Å². The van der Waals surface area contributed by atoms with Gasteiger partial charge in [0.2, 0.25) is 0 Å². The summed E-state index contributed by atoms with van der Waals surface area (Å²) < 4.78 is 0. The number of carboxylic acids is 1. The number of aromatic nitrogens is 1. The molecular formula is C15H22N4O2. The Morgan fingerprint density at radius 3 is 3.00 bits per heavy atom. The van der Waals surface area contributed by atoms with E-state index >= 15 is 0 Å². The first kappa shape index (κ1) is 14.1. The summed E-state index contributed by atoms with van der Waals surface area (Å²) in [6.45, 7) is 3.05. The predicted molar refractivity (Wildman–Crippen MR) is 81.6 cm³/mol. The Balaban J connectivity index is 1.79. The highest BCUT2D eigenvalue weighted by Gasteiger charge is 2.34. The lowest BCUT2D eigenvalue weighted by molar-refractivity contribution is 0.0698. The van der Waals surface area contributed by atoms with E-state index in [-0.39, 0.29) is 11.3 Å². The number of nitrogens with zero attached hydrogens (tertiary/aromatic N) is 3. The Kier molecular flexibility index (Phi) is 3.71. The van der Waals surface area contributed by atoms with Gasteiger partial charge in [0.15, 0.2) is 0 Å². The van der Waals surface area contributed by atoms with Crippen LogP contribution in [0.2, 0.25) is 0 Å². The molecular weight excluding hydrogens is 268 g/mol. The standard InChI is InChI=1S/C15H22N4O2/c1-18-5-2-3-10-9-19(6-4-13(10)18)14-7-11(15(20)21)12(16)8-17-14/h7-8,10,13H,2-6,9,16H2,1H3,(H,20,21). The summed E-state index contributed by atoms with van der Waals surface area (Å²) in [6, 6.07) is 2.26. The highest BCUT2D eigenvalue weighted by Crippen LogP contribution is 2.31. The average Bonchev–Trinajstić information content (AvgIpc) is 2.47. The lowest BCUT2D eigenvalue weighted by Gasteiger charge is -2.46. The number of anilines is 2. The quantitative estimate of drug-likeness (QED) is 0.854. The lowest BCUT2D eigenvalue weighted by atomic mass is 9.84. The normalized spacial score (nSPS) is 26.4. The van der Waals surface area contributed by atoms with E-state index in [1.807, 2.05) is 0 Å². The van der Waals surface area contributed by atoms with Gasteiger partial charge in [-0.3, -0.25) is 0 Å². The molecule has 6 nitrogen and oxygen atoms in total. The molecule has 114 valence electrons. The van der Waals surface area contributed by atoms with Gasteiger partial charge in [-0.1, -0.05) is 0 Å². The zero-order chi connectivity index (χ0) is 15.0. The van der Waals surface area contributed by atoms with Crippen molar-refractivity contribution in [3.05, 3.63) is 17.8 Å². The lowest BCUT2D eigenvalue weighted by Crippen LogP contribution is -2.52. The Morgan fingerprint density at radius 2 is 2.24 bits per heavy atom. The van der Waals surface area contributed by atoms with Crippen LogP contribution in [0, 0.1) is 5.92 Å². The summed E-state index contributed by atoms with van der Waals surface area (Å²) in [4.78, 5) is 20.2. The molecule has 3 N–H and O–H groups in total. The summed E-state index contributed by atoms with van der Waals surface area (Å²) in [5, 5.41) is 9.18. The smallest absolute Gasteiger partial charge is 0.337 e. The third-order valence-corrected chi connectivity index (χ3v) is 4.82. The third-order valence-electron chi connectivity index (χ3n) is 4.82. The summed E-state index contributed by atoms with van der Waals surface area (Å²) >= 11 is 0. The first-order valence-corrected chi connectivity index (χ1v) is 7.50. The molecule has 0 spiro atoms. The maximum atomic E-state index is 11.2. The molecule has 0 aliphatic carbocycles. The van der Waals surface area contributed by atoms with E-state index in [2.05, 4.69) is 21.8 Å². The van der Waals surface area contributed by atoms with Gasteiger partial charge in [-0.15, -0.1) is 0 Å². The molecule has 3 heterocycles. The molecule has 21 heavy (non-hydrogen) atoms. The molecule has 2 aliphatic heterocycles. The SMILES string of the molecule is CN1CCCC2CN(c3cc(C(=O)O)c(N)cn3)CCC21. The van der Waals surface area contributed by atoms with Gasteiger partial charge in [0.05, 0.1) is 17.4 Å². The fraction of sp³-hybridized carbons (Fsp3) is 0.600. The van der Waals surface area contributed by atoms with Crippen LogP contribution in [0.15, 0.2) is 12.3 Å². The van der Waals surface area contributed by atoms with Crippen LogP contribution >= 0.6 is 0 Å². The first-order valence-electron chi connectivity index (χ1n) is 7.50. The van der Waals surface area contributed by atoms with E-state index in [1.165, 1.54) is 25.6 Å². The molecule has 2 atom stereocenters. The molecule has 3 rings (SSSR count). The van der Waals surface area contributed by atoms with Gasteiger partial charge in [-0.2, -0.15) is 0 Å². The molecule has 2 fully saturated rings. The van der Waals surface area contributed by atoms with Gasteiger partial charge in [0, 0.05) is 19.1 Å². The van der Waals surface area contributed by atoms with Crippen LogP contribution in [0.1, 0.15) is 29.6 Å². The summed E-state index contributed by atoms with van der Waals surface area (Å²) in [5.41, 5.74) is 6.04. The topological polar surface area (TPSA) is 82.7 Å². The fourth-order valence-electron chi connectivity index (χ4n) is 3.67. The maximum absolute atomic E-state index is 11.2. The Bertz CT molecular complexity index is 548. The van der Waals surface area contributed by atoms with Gasteiger partial charge in [0.1, 0.15) is 5.82 Å². The van der Waals surface area contributed by atoms with E-state index < -0.39 is 5.97 Å². The number of aromatic carboxylic acids is 1. The number of hydrogen-bond donors (Lipinski definition) is 2. The van der Waals surface area contributed by atoms with Gasteiger partial charge in [-0.25, -0.2) is 9.78 Å². The van der Waals surface area contributed by atoms with Crippen LogP contribution in [0.3, 0.4) is 0 Å². The van der Waals surface area contributed by atoms with Crippen molar-refractivity contribution in [2.45, 2.75) is 25.3 Å². The van der Waals surface area contributed by atoms with Crippen molar-refractivity contribution in [3.63, 3.8) is 0 Å². The van der Waals surface area contributed by atoms with Crippen molar-refractivity contribution in [1.82, 2.24) is 9.88 Å². The number of rotatable bonds is 2. The number of carboxylic acid groups (broad SMARTS) is 1. The summed E-state index contributed by atoms with van der Waals surface area (Å²) in [6.07, 6.45) is 5.04. The summed E-state index contributed by atoms with van der Waals surface area (Å²) in [7, 11) is 2.20. The van der Waals surface area contributed by atoms with Gasteiger partial charge >= 0.3 is 5.97 Å². The molecule has 1 aromatic rings. The minimum Gasteiger partial charge on any atom is -0.478 e. The molecule has 2 aliphatic rings. The minimum atomic E-state index is -0.997. The second kappa shape index (κ2) is 5.52. The average molecular weight is 290 g/mol. The number of piperidine rings is 2. The van der Waals surface area contributed by atoms with E-state index in [1.54, 1.807) is 6.07 Å². The van der Waals surface area contributed by atoms with Crippen molar-refractivity contribution in [2.75, 3.05) is 37.3 Å². The molecule has 0 saturated carbocycles. The molecule has 2 unspecified atom stereocenters. The largest absolute Gasteiger partial charge is 0.478 e.